The van der Waals surface area contributed by atoms with Gasteiger partial charge in [0.15, 0.2) is 6.10 Å². The molecule has 0 bridgehead atoms. The molecule has 0 aromatic heterocycles. The molecule has 5 nitrogen and oxygen atoms in total. The van der Waals surface area contributed by atoms with E-state index in [1.54, 1.807) is 13.0 Å². The molecule has 0 spiro atoms. The van der Waals surface area contributed by atoms with Crippen molar-refractivity contribution in [3.63, 3.8) is 0 Å². The molecular formula is C12H17NO4. The maximum Gasteiger partial charge on any atom is 0.349 e. The van der Waals surface area contributed by atoms with Gasteiger partial charge in [-0.05, 0) is 19.8 Å². The monoisotopic (exact) mass is 239 g/mol. The van der Waals surface area contributed by atoms with Gasteiger partial charge < -0.3 is 9.47 Å². The highest BCUT2D eigenvalue weighted by Crippen LogP contribution is 2.09. The first-order valence-corrected chi connectivity index (χ1v) is 5.53. The van der Waals surface area contributed by atoms with Gasteiger partial charge in [0.05, 0.1) is 6.61 Å². The summed E-state index contributed by atoms with van der Waals surface area (Å²) in [7, 11) is 0. The molecule has 1 unspecified atom stereocenters. The fourth-order valence-electron chi connectivity index (χ4n) is 1.10. The maximum atomic E-state index is 11.5. The Morgan fingerprint density at radius 2 is 2.06 bits per heavy atom. The Balaban J connectivity index is 4.48. The molecule has 0 rings (SSSR count). The Morgan fingerprint density at radius 1 is 1.41 bits per heavy atom. The second-order valence-electron chi connectivity index (χ2n) is 3.38. The van der Waals surface area contributed by atoms with E-state index in [-0.39, 0.29) is 12.2 Å². The Bertz CT molecular complexity index is 330. The van der Waals surface area contributed by atoms with Gasteiger partial charge in [0.2, 0.25) is 0 Å². The standard InChI is InChI=1S/C12H17NO4/c1-4-6-7-10(12(15)16-5-2)17-11(14)9(3)8-13/h10H,3-7H2,1-2H3. The minimum Gasteiger partial charge on any atom is -0.463 e. The number of rotatable bonds is 7. The molecule has 1 atom stereocenters. The Kier molecular flexibility index (Phi) is 7.44. The highest BCUT2D eigenvalue weighted by molar-refractivity contribution is 5.93. The van der Waals surface area contributed by atoms with Crippen molar-refractivity contribution in [3.05, 3.63) is 12.2 Å². The third kappa shape index (κ3) is 5.71. The van der Waals surface area contributed by atoms with E-state index in [0.717, 1.165) is 12.8 Å². The quantitative estimate of drug-likeness (QED) is 0.384. The number of esters is 2. The average molecular weight is 239 g/mol. The van der Waals surface area contributed by atoms with Crippen molar-refractivity contribution in [3.8, 4) is 6.07 Å². The van der Waals surface area contributed by atoms with Crippen molar-refractivity contribution in [2.24, 2.45) is 0 Å². The van der Waals surface area contributed by atoms with E-state index in [0.29, 0.717) is 6.42 Å². The van der Waals surface area contributed by atoms with Gasteiger partial charge in [-0.3, -0.25) is 0 Å². The van der Waals surface area contributed by atoms with Gasteiger partial charge in [0.1, 0.15) is 11.6 Å². The molecule has 0 aliphatic heterocycles. The SMILES string of the molecule is C=C(C#N)C(=O)OC(CCCC)C(=O)OCC. The molecule has 5 heteroatoms. The molecule has 0 radical (unpaired) electrons. The van der Waals surface area contributed by atoms with Gasteiger partial charge in [-0.15, -0.1) is 0 Å². The normalized spacial score (nSPS) is 11.1. The summed E-state index contributed by atoms with van der Waals surface area (Å²) in [6.07, 6.45) is 1.04. The summed E-state index contributed by atoms with van der Waals surface area (Å²) in [4.78, 5) is 22.8. The summed E-state index contributed by atoms with van der Waals surface area (Å²) >= 11 is 0. The molecular weight excluding hydrogens is 222 g/mol. The summed E-state index contributed by atoms with van der Waals surface area (Å²) in [5.74, 6) is -1.46. The molecule has 0 N–H and O–H groups in total. The third-order valence-electron chi connectivity index (χ3n) is 2.00. The third-order valence-corrected chi connectivity index (χ3v) is 2.00. The van der Waals surface area contributed by atoms with Crippen LogP contribution in [0.2, 0.25) is 0 Å². The summed E-state index contributed by atoms with van der Waals surface area (Å²) in [5.41, 5.74) is -0.323. The van der Waals surface area contributed by atoms with Gasteiger partial charge in [-0.25, -0.2) is 9.59 Å². The summed E-state index contributed by atoms with van der Waals surface area (Å²) in [6, 6.07) is 1.58. The highest BCUT2D eigenvalue weighted by Gasteiger charge is 2.24. The van der Waals surface area contributed by atoms with Crippen LogP contribution in [-0.2, 0) is 19.1 Å². The second kappa shape index (κ2) is 8.34. The van der Waals surface area contributed by atoms with Crippen LogP contribution in [-0.4, -0.2) is 24.6 Å². The molecule has 0 amide bonds. The zero-order valence-electron chi connectivity index (χ0n) is 10.2. The maximum absolute atomic E-state index is 11.5. The highest BCUT2D eigenvalue weighted by atomic mass is 16.6. The molecule has 0 fully saturated rings. The predicted molar refractivity (Wildman–Crippen MR) is 60.8 cm³/mol. The fraction of sp³-hybridized carbons (Fsp3) is 0.583. The van der Waals surface area contributed by atoms with Crippen LogP contribution in [0.4, 0.5) is 0 Å². The lowest BCUT2D eigenvalue weighted by atomic mass is 10.1. The van der Waals surface area contributed by atoms with Crippen LogP contribution in [0.25, 0.3) is 0 Å². The predicted octanol–water partition coefficient (Wildman–Crippen LogP) is 1.73. The molecule has 0 aromatic carbocycles. The molecule has 0 saturated carbocycles. The molecule has 0 aliphatic rings. The van der Waals surface area contributed by atoms with E-state index >= 15 is 0 Å². The number of nitriles is 1. The summed E-state index contributed by atoms with van der Waals surface area (Å²) in [6.45, 7) is 7.07. The number of hydrogen-bond donors (Lipinski definition) is 0. The molecule has 94 valence electrons. The van der Waals surface area contributed by atoms with E-state index in [1.165, 1.54) is 0 Å². The van der Waals surface area contributed by atoms with Crippen molar-refractivity contribution < 1.29 is 19.1 Å². The number of carbonyl (C=O) groups excluding carboxylic acids is 2. The molecule has 0 aliphatic carbocycles. The number of hydrogen-bond acceptors (Lipinski definition) is 5. The number of carbonyl (C=O) groups is 2. The van der Waals surface area contributed by atoms with Crippen molar-refractivity contribution in [1.29, 1.82) is 5.26 Å². The lowest BCUT2D eigenvalue weighted by molar-refractivity contribution is -0.165. The average Bonchev–Trinajstić information content (AvgIpc) is 2.33. The van der Waals surface area contributed by atoms with Gasteiger partial charge in [0, 0.05) is 0 Å². The molecule has 0 aromatic rings. The Labute approximate surface area is 101 Å². The van der Waals surface area contributed by atoms with E-state index in [2.05, 4.69) is 6.58 Å². The van der Waals surface area contributed by atoms with Crippen LogP contribution in [0, 0.1) is 11.3 Å². The lowest BCUT2D eigenvalue weighted by Crippen LogP contribution is -2.29. The van der Waals surface area contributed by atoms with Gasteiger partial charge >= 0.3 is 11.9 Å². The van der Waals surface area contributed by atoms with Crippen LogP contribution in [0.3, 0.4) is 0 Å². The topological polar surface area (TPSA) is 76.4 Å². The minimum atomic E-state index is -0.951. The molecule has 17 heavy (non-hydrogen) atoms. The first-order valence-electron chi connectivity index (χ1n) is 5.53. The van der Waals surface area contributed by atoms with Crippen molar-refractivity contribution in [2.75, 3.05) is 6.61 Å². The largest absolute Gasteiger partial charge is 0.463 e. The number of nitrogens with zero attached hydrogens (tertiary/aromatic N) is 1. The van der Waals surface area contributed by atoms with Crippen LogP contribution in [0.1, 0.15) is 33.1 Å². The van der Waals surface area contributed by atoms with Crippen LogP contribution in [0.5, 0.6) is 0 Å². The van der Waals surface area contributed by atoms with Crippen LogP contribution >= 0.6 is 0 Å². The Hall–Kier alpha value is -1.83. The first kappa shape index (κ1) is 15.2. The lowest BCUT2D eigenvalue weighted by Gasteiger charge is -2.15. The van der Waals surface area contributed by atoms with Crippen molar-refractivity contribution in [1.82, 2.24) is 0 Å². The number of ether oxygens (including phenoxy) is 2. The summed E-state index contributed by atoms with van der Waals surface area (Å²) in [5, 5.41) is 8.47. The summed E-state index contributed by atoms with van der Waals surface area (Å²) < 4.78 is 9.67. The smallest absolute Gasteiger partial charge is 0.349 e. The fourth-order valence-corrected chi connectivity index (χ4v) is 1.10. The first-order chi connectivity index (χ1) is 8.06. The number of unbranched alkanes of at least 4 members (excludes halogenated alkanes) is 1. The van der Waals surface area contributed by atoms with Gasteiger partial charge in [-0.2, -0.15) is 5.26 Å². The zero-order valence-corrected chi connectivity index (χ0v) is 10.2. The Morgan fingerprint density at radius 3 is 2.53 bits per heavy atom. The minimum absolute atomic E-state index is 0.220. The molecule has 0 saturated heterocycles. The van der Waals surface area contributed by atoms with Gasteiger partial charge in [-0.1, -0.05) is 19.9 Å². The zero-order chi connectivity index (χ0) is 13.3. The molecule has 0 heterocycles. The van der Waals surface area contributed by atoms with E-state index in [4.69, 9.17) is 14.7 Å². The van der Waals surface area contributed by atoms with Crippen molar-refractivity contribution in [2.45, 2.75) is 39.2 Å². The van der Waals surface area contributed by atoms with E-state index < -0.39 is 18.0 Å². The van der Waals surface area contributed by atoms with Crippen LogP contribution in [0.15, 0.2) is 12.2 Å². The second-order valence-corrected chi connectivity index (χ2v) is 3.38. The van der Waals surface area contributed by atoms with E-state index in [1.807, 2.05) is 6.92 Å². The van der Waals surface area contributed by atoms with Crippen molar-refractivity contribution >= 4 is 11.9 Å². The van der Waals surface area contributed by atoms with Gasteiger partial charge in [0.25, 0.3) is 0 Å². The van der Waals surface area contributed by atoms with Crippen LogP contribution < -0.4 is 0 Å². The van der Waals surface area contributed by atoms with E-state index in [9.17, 15) is 9.59 Å².